The molecule has 0 aliphatic rings. The van der Waals surface area contributed by atoms with Crippen molar-refractivity contribution in [3.05, 3.63) is 92.4 Å². The summed E-state index contributed by atoms with van der Waals surface area (Å²) in [7, 11) is -3.94. The summed E-state index contributed by atoms with van der Waals surface area (Å²) in [6, 6.07) is 18.2. The van der Waals surface area contributed by atoms with E-state index in [0.29, 0.717) is 26.9 Å². The highest BCUT2D eigenvalue weighted by molar-refractivity contribution is 9.10. The third kappa shape index (κ3) is 6.08. The standard InChI is InChI=1S/C22H19BrCl2N2O3S/c1-15-20(25)3-2-4-21(15)26-22(28)14-27(13-16-5-9-18(24)10-6-16)31(29,30)19-11-7-17(23)8-12-19/h2-12H,13-14H2,1H3,(H,26,28). The van der Waals surface area contributed by atoms with E-state index in [9.17, 15) is 13.2 Å². The van der Waals surface area contributed by atoms with Crippen LogP contribution in [0.3, 0.4) is 0 Å². The minimum atomic E-state index is -3.94. The minimum absolute atomic E-state index is 0.0114. The molecule has 0 saturated carbocycles. The number of carbonyl (C=O) groups excluding carboxylic acids is 1. The Balaban J connectivity index is 1.89. The van der Waals surface area contributed by atoms with Crippen molar-refractivity contribution in [1.29, 1.82) is 0 Å². The Morgan fingerprint density at radius 3 is 2.29 bits per heavy atom. The van der Waals surface area contributed by atoms with Gasteiger partial charge in [0.15, 0.2) is 0 Å². The van der Waals surface area contributed by atoms with Crippen LogP contribution in [0, 0.1) is 6.92 Å². The second-order valence-corrected chi connectivity index (χ2v) is 10.5. The van der Waals surface area contributed by atoms with Gasteiger partial charge in [0.2, 0.25) is 15.9 Å². The number of nitrogens with one attached hydrogen (secondary N) is 1. The number of sulfonamides is 1. The van der Waals surface area contributed by atoms with E-state index in [2.05, 4.69) is 21.2 Å². The molecule has 162 valence electrons. The fraction of sp³-hybridized carbons (Fsp3) is 0.136. The summed E-state index contributed by atoms with van der Waals surface area (Å²) < 4.78 is 28.5. The third-order valence-corrected chi connectivity index (χ3v) is 7.58. The van der Waals surface area contributed by atoms with Gasteiger partial charge in [0.25, 0.3) is 0 Å². The van der Waals surface area contributed by atoms with Crippen molar-refractivity contribution in [3.63, 3.8) is 0 Å². The van der Waals surface area contributed by atoms with Crippen LogP contribution in [0.1, 0.15) is 11.1 Å². The number of carbonyl (C=O) groups is 1. The number of hydrogen-bond acceptors (Lipinski definition) is 3. The Morgan fingerprint density at radius 1 is 1.00 bits per heavy atom. The zero-order valence-electron chi connectivity index (χ0n) is 16.5. The maximum Gasteiger partial charge on any atom is 0.243 e. The summed E-state index contributed by atoms with van der Waals surface area (Å²) in [4.78, 5) is 12.9. The van der Waals surface area contributed by atoms with Gasteiger partial charge in [0.05, 0.1) is 11.4 Å². The van der Waals surface area contributed by atoms with Crippen LogP contribution in [0.25, 0.3) is 0 Å². The van der Waals surface area contributed by atoms with Crippen molar-refractivity contribution in [3.8, 4) is 0 Å². The molecule has 0 fully saturated rings. The van der Waals surface area contributed by atoms with Crippen LogP contribution in [0.4, 0.5) is 5.69 Å². The molecule has 0 aliphatic heterocycles. The van der Waals surface area contributed by atoms with Crippen LogP contribution in [0.15, 0.2) is 76.1 Å². The first-order valence-corrected chi connectivity index (χ1v) is 12.2. The Kier molecular flexibility index (Phi) is 7.78. The zero-order chi connectivity index (χ0) is 22.6. The summed E-state index contributed by atoms with van der Waals surface area (Å²) in [5.74, 6) is -0.472. The summed E-state index contributed by atoms with van der Waals surface area (Å²) in [5.41, 5.74) is 1.94. The molecule has 3 rings (SSSR count). The first kappa shape index (κ1) is 23.8. The maximum absolute atomic E-state index is 13.3. The minimum Gasteiger partial charge on any atom is -0.325 e. The van der Waals surface area contributed by atoms with E-state index in [1.165, 1.54) is 12.1 Å². The van der Waals surface area contributed by atoms with Gasteiger partial charge in [-0.2, -0.15) is 4.31 Å². The molecule has 0 bridgehead atoms. The molecule has 0 heterocycles. The molecule has 1 amide bonds. The number of nitrogens with zero attached hydrogens (tertiary/aromatic N) is 1. The van der Waals surface area contributed by atoms with E-state index < -0.39 is 15.9 Å². The highest BCUT2D eigenvalue weighted by Crippen LogP contribution is 2.24. The number of rotatable bonds is 7. The van der Waals surface area contributed by atoms with Gasteiger partial charge in [0.1, 0.15) is 0 Å². The number of anilines is 1. The van der Waals surface area contributed by atoms with Crippen molar-refractivity contribution in [2.75, 3.05) is 11.9 Å². The van der Waals surface area contributed by atoms with Crippen LogP contribution < -0.4 is 5.32 Å². The van der Waals surface area contributed by atoms with Crippen molar-refractivity contribution < 1.29 is 13.2 Å². The fourth-order valence-corrected chi connectivity index (χ4v) is 4.82. The van der Waals surface area contributed by atoms with Gasteiger partial charge in [0, 0.05) is 26.8 Å². The first-order chi connectivity index (χ1) is 14.7. The third-order valence-electron chi connectivity index (χ3n) is 4.59. The maximum atomic E-state index is 13.3. The number of halogens is 3. The van der Waals surface area contributed by atoms with Crippen molar-refractivity contribution >= 4 is 60.7 Å². The van der Waals surface area contributed by atoms with E-state index in [1.54, 1.807) is 61.5 Å². The van der Waals surface area contributed by atoms with E-state index >= 15 is 0 Å². The molecule has 3 aromatic carbocycles. The van der Waals surface area contributed by atoms with Gasteiger partial charge in [-0.25, -0.2) is 8.42 Å². The molecule has 0 saturated heterocycles. The summed E-state index contributed by atoms with van der Waals surface area (Å²) in [6.45, 7) is 1.42. The lowest BCUT2D eigenvalue weighted by molar-refractivity contribution is -0.116. The molecular formula is C22H19BrCl2N2O3S. The lowest BCUT2D eigenvalue weighted by Gasteiger charge is -2.22. The molecular weight excluding hydrogens is 523 g/mol. The average molecular weight is 542 g/mol. The normalized spacial score (nSPS) is 11.5. The fourth-order valence-electron chi connectivity index (χ4n) is 2.87. The predicted molar refractivity (Wildman–Crippen MR) is 128 cm³/mol. The number of amides is 1. The second kappa shape index (κ2) is 10.1. The molecule has 0 spiro atoms. The van der Waals surface area contributed by atoms with Gasteiger partial charge >= 0.3 is 0 Å². The molecule has 31 heavy (non-hydrogen) atoms. The first-order valence-electron chi connectivity index (χ1n) is 9.22. The molecule has 3 aromatic rings. The Hall–Kier alpha value is -1.90. The lowest BCUT2D eigenvalue weighted by atomic mass is 10.2. The van der Waals surface area contributed by atoms with Gasteiger partial charge in [-0.3, -0.25) is 4.79 Å². The molecule has 0 atom stereocenters. The molecule has 0 aliphatic carbocycles. The van der Waals surface area contributed by atoms with Crippen LogP contribution in [0.5, 0.6) is 0 Å². The lowest BCUT2D eigenvalue weighted by Crippen LogP contribution is -2.37. The molecule has 1 N–H and O–H groups in total. The number of benzene rings is 3. The highest BCUT2D eigenvalue weighted by Gasteiger charge is 2.27. The highest BCUT2D eigenvalue weighted by atomic mass is 79.9. The SMILES string of the molecule is Cc1c(Cl)cccc1NC(=O)CN(Cc1ccc(Cl)cc1)S(=O)(=O)c1ccc(Br)cc1. The van der Waals surface area contributed by atoms with Crippen LogP contribution in [-0.2, 0) is 21.4 Å². The molecule has 0 unspecified atom stereocenters. The van der Waals surface area contributed by atoms with E-state index in [0.717, 1.165) is 8.78 Å². The Labute approximate surface area is 200 Å². The topological polar surface area (TPSA) is 66.5 Å². The Morgan fingerprint density at radius 2 is 1.65 bits per heavy atom. The number of hydrogen-bond donors (Lipinski definition) is 1. The van der Waals surface area contributed by atoms with E-state index in [-0.39, 0.29) is 18.0 Å². The van der Waals surface area contributed by atoms with E-state index in [4.69, 9.17) is 23.2 Å². The van der Waals surface area contributed by atoms with Crippen molar-refractivity contribution in [2.24, 2.45) is 0 Å². The summed E-state index contributed by atoms with van der Waals surface area (Å²) >= 11 is 15.4. The largest absolute Gasteiger partial charge is 0.325 e. The molecule has 9 heteroatoms. The van der Waals surface area contributed by atoms with Crippen LogP contribution in [-0.4, -0.2) is 25.2 Å². The molecule has 5 nitrogen and oxygen atoms in total. The van der Waals surface area contributed by atoms with Gasteiger partial charge in [-0.1, -0.05) is 57.3 Å². The molecule has 0 radical (unpaired) electrons. The van der Waals surface area contributed by atoms with Crippen LogP contribution in [0.2, 0.25) is 10.0 Å². The quantitative estimate of drug-likeness (QED) is 0.405. The smallest absolute Gasteiger partial charge is 0.243 e. The van der Waals surface area contributed by atoms with Crippen LogP contribution >= 0.6 is 39.1 Å². The van der Waals surface area contributed by atoms with E-state index in [1.807, 2.05) is 0 Å². The monoisotopic (exact) mass is 540 g/mol. The zero-order valence-corrected chi connectivity index (χ0v) is 20.4. The Bertz CT molecular complexity index is 1180. The van der Waals surface area contributed by atoms with Crippen molar-refractivity contribution in [2.45, 2.75) is 18.4 Å². The van der Waals surface area contributed by atoms with Crippen molar-refractivity contribution in [1.82, 2.24) is 4.31 Å². The average Bonchev–Trinajstić information content (AvgIpc) is 2.73. The molecule has 0 aromatic heterocycles. The van der Waals surface area contributed by atoms with Gasteiger partial charge in [-0.05, 0) is 66.6 Å². The van der Waals surface area contributed by atoms with Gasteiger partial charge in [-0.15, -0.1) is 0 Å². The second-order valence-electron chi connectivity index (χ2n) is 6.81. The van der Waals surface area contributed by atoms with Gasteiger partial charge < -0.3 is 5.32 Å². The summed E-state index contributed by atoms with van der Waals surface area (Å²) in [5, 5.41) is 3.81. The predicted octanol–water partition coefficient (Wildman–Crippen LogP) is 5.89. The summed E-state index contributed by atoms with van der Waals surface area (Å²) in [6.07, 6.45) is 0.